The van der Waals surface area contributed by atoms with E-state index >= 15 is 0 Å². The SMILES string of the molecule is CCc1cc(CNc2ccc(Br)cc2C#N)n(CC)n1. The number of nitrogens with one attached hydrogen (secondary N) is 1. The standard InChI is InChI=1S/C15H17BrN4/c1-3-13-8-14(20(4-2)19-13)10-18-15-6-5-12(16)7-11(15)9-17/h5-8,18H,3-4,10H2,1-2H3. The van der Waals surface area contributed by atoms with Crippen molar-refractivity contribution < 1.29 is 0 Å². The fraction of sp³-hybridized carbons (Fsp3) is 0.333. The molecule has 104 valence electrons. The van der Waals surface area contributed by atoms with Gasteiger partial charge in [0, 0.05) is 11.0 Å². The first-order chi connectivity index (χ1) is 9.67. The Balaban J connectivity index is 2.17. The summed E-state index contributed by atoms with van der Waals surface area (Å²) in [4.78, 5) is 0. The van der Waals surface area contributed by atoms with Gasteiger partial charge >= 0.3 is 0 Å². The fourth-order valence-electron chi connectivity index (χ4n) is 2.05. The van der Waals surface area contributed by atoms with Crippen LogP contribution < -0.4 is 5.32 Å². The van der Waals surface area contributed by atoms with Crippen molar-refractivity contribution in [1.82, 2.24) is 9.78 Å². The second kappa shape index (κ2) is 6.58. The van der Waals surface area contributed by atoms with Crippen LogP contribution in [-0.2, 0) is 19.5 Å². The van der Waals surface area contributed by atoms with Gasteiger partial charge in [-0.2, -0.15) is 10.4 Å². The summed E-state index contributed by atoms with van der Waals surface area (Å²) in [7, 11) is 0. The Morgan fingerprint density at radius 2 is 2.15 bits per heavy atom. The van der Waals surface area contributed by atoms with Crippen molar-refractivity contribution in [3.63, 3.8) is 0 Å². The lowest BCUT2D eigenvalue weighted by Crippen LogP contribution is -2.08. The number of halogens is 1. The Kier molecular flexibility index (Phi) is 4.80. The Bertz CT molecular complexity index is 640. The van der Waals surface area contributed by atoms with E-state index in [2.05, 4.69) is 52.3 Å². The van der Waals surface area contributed by atoms with Crippen molar-refractivity contribution in [3.05, 3.63) is 45.7 Å². The highest BCUT2D eigenvalue weighted by Gasteiger charge is 2.07. The van der Waals surface area contributed by atoms with Gasteiger partial charge < -0.3 is 5.32 Å². The lowest BCUT2D eigenvalue weighted by atomic mass is 10.2. The van der Waals surface area contributed by atoms with E-state index in [0.717, 1.165) is 34.5 Å². The summed E-state index contributed by atoms with van der Waals surface area (Å²) in [5.41, 5.74) is 3.71. The molecule has 0 unspecified atom stereocenters. The zero-order valence-corrected chi connectivity index (χ0v) is 13.2. The van der Waals surface area contributed by atoms with Gasteiger partial charge in [0.25, 0.3) is 0 Å². The third-order valence-electron chi connectivity index (χ3n) is 3.14. The zero-order chi connectivity index (χ0) is 14.5. The maximum atomic E-state index is 9.15. The summed E-state index contributed by atoms with van der Waals surface area (Å²) < 4.78 is 2.91. The van der Waals surface area contributed by atoms with Crippen molar-refractivity contribution in [2.75, 3.05) is 5.32 Å². The molecule has 0 aliphatic rings. The highest BCUT2D eigenvalue weighted by molar-refractivity contribution is 9.10. The molecule has 0 saturated carbocycles. The second-order valence-electron chi connectivity index (χ2n) is 4.45. The van der Waals surface area contributed by atoms with Gasteiger partial charge in [-0.25, -0.2) is 0 Å². The predicted octanol–water partition coefficient (Wildman–Crippen LogP) is 3.71. The van der Waals surface area contributed by atoms with Gasteiger partial charge in [-0.3, -0.25) is 4.68 Å². The minimum Gasteiger partial charge on any atom is -0.378 e. The highest BCUT2D eigenvalue weighted by atomic mass is 79.9. The number of hydrogen-bond donors (Lipinski definition) is 1. The molecule has 20 heavy (non-hydrogen) atoms. The molecule has 0 bridgehead atoms. The molecule has 0 fully saturated rings. The van der Waals surface area contributed by atoms with Gasteiger partial charge in [-0.05, 0) is 37.6 Å². The molecule has 4 nitrogen and oxygen atoms in total. The lowest BCUT2D eigenvalue weighted by molar-refractivity contribution is 0.619. The van der Waals surface area contributed by atoms with E-state index in [9.17, 15) is 0 Å². The van der Waals surface area contributed by atoms with E-state index in [-0.39, 0.29) is 0 Å². The van der Waals surface area contributed by atoms with Crippen molar-refractivity contribution in [2.45, 2.75) is 33.4 Å². The number of nitrogens with zero attached hydrogens (tertiary/aromatic N) is 3. The van der Waals surface area contributed by atoms with Crippen LogP contribution in [0.15, 0.2) is 28.7 Å². The van der Waals surface area contributed by atoms with Crippen molar-refractivity contribution in [3.8, 4) is 6.07 Å². The molecule has 1 aromatic heterocycles. The van der Waals surface area contributed by atoms with Gasteiger partial charge in [0.15, 0.2) is 0 Å². The van der Waals surface area contributed by atoms with Gasteiger partial charge in [0.1, 0.15) is 6.07 Å². The summed E-state index contributed by atoms with van der Waals surface area (Å²) in [6.45, 7) is 5.69. The molecule has 0 aliphatic heterocycles. The molecule has 2 rings (SSSR count). The van der Waals surface area contributed by atoms with E-state index in [1.54, 1.807) is 0 Å². The minimum absolute atomic E-state index is 0.637. The average molecular weight is 333 g/mol. The minimum atomic E-state index is 0.637. The average Bonchev–Trinajstić information content (AvgIpc) is 2.88. The van der Waals surface area contributed by atoms with Crippen molar-refractivity contribution in [2.24, 2.45) is 0 Å². The Morgan fingerprint density at radius 3 is 2.80 bits per heavy atom. The van der Waals surface area contributed by atoms with E-state index in [4.69, 9.17) is 5.26 Å². The first-order valence-corrected chi connectivity index (χ1v) is 7.46. The molecule has 1 N–H and O–H groups in total. The van der Waals surface area contributed by atoms with Crippen LogP contribution in [0.4, 0.5) is 5.69 Å². The number of nitriles is 1. The van der Waals surface area contributed by atoms with Crippen LogP contribution in [0.25, 0.3) is 0 Å². The molecule has 5 heteroatoms. The van der Waals surface area contributed by atoms with Gasteiger partial charge in [-0.1, -0.05) is 22.9 Å². The third-order valence-corrected chi connectivity index (χ3v) is 3.63. The number of hydrogen-bond acceptors (Lipinski definition) is 3. The molecular formula is C15H17BrN4. The molecule has 2 aromatic rings. The number of rotatable bonds is 5. The molecule has 0 amide bonds. The van der Waals surface area contributed by atoms with Crippen molar-refractivity contribution >= 4 is 21.6 Å². The fourth-order valence-corrected chi connectivity index (χ4v) is 2.41. The Labute approximate surface area is 127 Å². The van der Waals surface area contributed by atoms with Crippen LogP contribution in [0.2, 0.25) is 0 Å². The first kappa shape index (κ1) is 14.6. The molecule has 0 atom stereocenters. The molecule has 0 saturated heterocycles. The summed E-state index contributed by atoms with van der Waals surface area (Å²) in [6.07, 6.45) is 0.932. The van der Waals surface area contributed by atoms with E-state index in [0.29, 0.717) is 12.1 Å². The maximum absolute atomic E-state index is 9.15. The van der Waals surface area contributed by atoms with Gasteiger partial charge in [-0.15, -0.1) is 0 Å². The zero-order valence-electron chi connectivity index (χ0n) is 11.7. The van der Waals surface area contributed by atoms with Gasteiger partial charge in [0.05, 0.1) is 29.2 Å². The smallest absolute Gasteiger partial charge is 0.101 e. The summed E-state index contributed by atoms with van der Waals surface area (Å²) in [5, 5.41) is 17.0. The number of benzene rings is 1. The molecular weight excluding hydrogens is 316 g/mol. The third kappa shape index (κ3) is 3.20. The molecule has 0 spiro atoms. The van der Waals surface area contributed by atoms with Crippen LogP contribution in [-0.4, -0.2) is 9.78 Å². The summed E-state index contributed by atoms with van der Waals surface area (Å²) in [6, 6.07) is 9.97. The monoisotopic (exact) mass is 332 g/mol. The topological polar surface area (TPSA) is 53.6 Å². The number of aromatic nitrogens is 2. The quantitative estimate of drug-likeness (QED) is 0.907. The normalized spacial score (nSPS) is 10.3. The van der Waals surface area contributed by atoms with Crippen LogP contribution in [0.3, 0.4) is 0 Å². The summed E-state index contributed by atoms with van der Waals surface area (Å²) >= 11 is 3.38. The van der Waals surface area contributed by atoms with E-state index < -0.39 is 0 Å². The molecule has 1 heterocycles. The number of anilines is 1. The maximum Gasteiger partial charge on any atom is 0.101 e. The second-order valence-corrected chi connectivity index (χ2v) is 5.37. The molecule has 0 aliphatic carbocycles. The van der Waals surface area contributed by atoms with Gasteiger partial charge in [0.2, 0.25) is 0 Å². The number of aryl methyl sites for hydroxylation is 2. The van der Waals surface area contributed by atoms with E-state index in [1.165, 1.54) is 0 Å². The lowest BCUT2D eigenvalue weighted by Gasteiger charge is -2.09. The highest BCUT2D eigenvalue weighted by Crippen LogP contribution is 2.21. The van der Waals surface area contributed by atoms with Crippen molar-refractivity contribution in [1.29, 1.82) is 5.26 Å². The largest absolute Gasteiger partial charge is 0.378 e. The Morgan fingerprint density at radius 1 is 1.35 bits per heavy atom. The summed E-state index contributed by atoms with van der Waals surface area (Å²) in [5.74, 6) is 0. The molecule has 0 radical (unpaired) electrons. The molecule has 1 aromatic carbocycles. The predicted molar refractivity (Wildman–Crippen MR) is 83.5 cm³/mol. The van der Waals surface area contributed by atoms with E-state index in [1.807, 2.05) is 22.9 Å². The van der Waals surface area contributed by atoms with Crippen LogP contribution >= 0.6 is 15.9 Å². The van der Waals surface area contributed by atoms with Crippen LogP contribution in [0.5, 0.6) is 0 Å². The Hall–Kier alpha value is -1.80. The first-order valence-electron chi connectivity index (χ1n) is 6.67. The van der Waals surface area contributed by atoms with Crippen LogP contribution in [0.1, 0.15) is 30.8 Å². The van der Waals surface area contributed by atoms with Crippen LogP contribution in [0, 0.1) is 11.3 Å².